The molecule has 0 aromatic carbocycles. The first kappa shape index (κ1) is 12.5. The molecule has 0 rings (SSSR count). The molecule has 2 heteroatoms. The maximum Gasteiger partial charge on any atom is 0.0937 e. The number of hydrogen-bond donors (Lipinski definition) is 1. The van der Waals surface area contributed by atoms with Gasteiger partial charge in [-0.2, -0.15) is 0 Å². The molecule has 2 nitrogen and oxygen atoms in total. The van der Waals surface area contributed by atoms with Crippen LogP contribution in [0.2, 0.25) is 0 Å². The summed E-state index contributed by atoms with van der Waals surface area (Å²) < 4.78 is 0. The summed E-state index contributed by atoms with van der Waals surface area (Å²) in [5.74, 6) is 1.39. The summed E-state index contributed by atoms with van der Waals surface area (Å²) in [7, 11) is 0. The second kappa shape index (κ2) is 5.25. The molecule has 0 spiro atoms. The van der Waals surface area contributed by atoms with Gasteiger partial charge < -0.3 is 5.73 Å². The van der Waals surface area contributed by atoms with Gasteiger partial charge in [0.1, 0.15) is 0 Å². The van der Waals surface area contributed by atoms with Crippen LogP contribution in [-0.4, -0.2) is 12.4 Å². The zero-order valence-electron chi connectivity index (χ0n) is 9.72. The van der Waals surface area contributed by atoms with Gasteiger partial charge >= 0.3 is 0 Å². The fourth-order valence-corrected chi connectivity index (χ4v) is 0.863. The van der Waals surface area contributed by atoms with Crippen LogP contribution in [0.3, 0.4) is 0 Å². The van der Waals surface area contributed by atoms with E-state index in [2.05, 4.69) is 39.6 Å². The van der Waals surface area contributed by atoms with Crippen molar-refractivity contribution >= 4 is 5.84 Å². The lowest BCUT2D eigenvalue weighted by Crippen LogP contribution is -2.22. The molecule has 78 valence electrons. The van der Waals surface area contributed by atoms with Gasteiger partial charge in [0.2, 0.25) is 0 Å². The van der Waals surface area contributed by atoms with Gasteiger partial charge in [-0.15, -0.1) is 0 Å². The van der Waals surface area contributed by atoms with Gasteiger partial charge in [-0.25, -0.2) is 0 Å². The molecule has 0 fully saturated rings. The first-order chi connectivity index (χ1) is 5.88. The van der Waals surface area contributed by atoms with Crippen LogP contribution in [0.5, 0.6) is 0 Å². The van der Waals surface area contributed by atoms with Crippen molar-refractivity contribution in [2.75, 3.05) is 6.54 Å². The van der Waals surface area contributed by atoms with Gasteiger partial charge in [0, 0.05) is 13.0 Å². The normalized spacial score (nSPS) is 15.9. The number of nitrogens with two attached hydrogens (primary N) is 1. The minimum absolute atomic E-state index is 0.329. The highest BCUT2D eigenvalue weighted by atomic mass is 14.8. The first-order valence-corrected chi connectivity index (χ1v) is 5.16. The zero-order chi connectivity index (χ0) is 10.5. The van der Waals surface area contributed by atoms with Crippen LogP contribution in [-0.2, 0) is 0 Å². The molecule has 0 bridgehead atoms. The lowest BCUT2D eigenvalue weighted by molar-refractivity contribution is 0.269. The van der Waals surface area contributed by atoms with Gasteiger partial charge in [-0.05, 0) is 17.8 Å². The van der Waals surface area contributed by atoms with Crippen LogP contribution in [0, 0.1) is 11.3 Å². The molecule has 1 atom stereocenters. The molecular formula is C11H24N2. The fraction of sp³-hybridized carbons (Fsp3) is 0.909. The number of amidine groups is 1. The van der Waals surface area contributed by atoms with E-state index >= 15 is 0 Å². The maximum absolute atomic E-state index is 5.73. The summed E-state index contributed by atoms with van der Waals surface area (Å²) in [6.45, 7) is 11.9. The van der Waals surface area contributed by atoms with Crippen molar-refractivity contribution in [2.45, 2.75) is 47.5 Å². The summed E-state index contributed by atoms with van der Waals surface area (Å²) in [5.41, 5.74) is 6.06. The monoisotopic (exact) mass is 184 g/mol. The van der Waals surface area contributed by atoms with Gasteiger partial charge in [0.05, 0.1) is 5.84 Å². The first-order valence-electron chi connectivity index (χ1n) is 5.16. The van der Waals surface area contributed by atoms with Crippen molar-refractivity contribution in [2.24, 2.45) is 22.1 Å². The maximum atomic E-state index is 5.73. The van der Waals surface area contributed by atoms with E-state index < -0.39 is 0 Å². The minimum Gasteiger partial charge on any atom is -0.387 e. The molecular weight excluding hydrogens is 160 g/mol. The summed E-state index contributed by atoms with van der Waals surface area (Å²) in [6, 6.07) is 0. The van der Waals surface area contributed by atoms with Crippen molar-refractivity contribution < 1.29 is 0 Å². The van der Waals surface area contributed by atoms with Gasteiger partial charge in [-0.1, -0.05) is 34.6 Å². The predicted octanol–water partition coefficient (Wildman–Crippen LogP) is 2.83. The van der Waals surface area contributed by atoms with E-state index in [0.717, 1.165) is 25.2 Å². The Kier molecular flexibility index (Phi) is 5.04. The number of aliphatic imine (C=N–C) groups is 1. The Balaban J connectivity index is 3.94. The van der Waals surface area contributed by atoms with E-state index in [1.54, 1.807) is 0 Å². The molecule has 0 amide bonds. The second-order valence-corrected chi connectivity index (χ2v) is 4.85. The molecule has 0 aliphatic carbocycles. The standard InChI is InChI=1S/C11H24N2/c1-6-7-10(12)13-8-9(2)11(3,4)5/h9H,6-8H2,1-5H3,(H2,12,13). The molecule has 0 aromatic heterocycles. The molecule has 0 saturated heterocycles. The third-order valence-electron chi connectivity index (χ3n) is 2.55. The van der Waals surface area contributed by atoms with E-state index in [4.69, 9.17) is 5.73 Å². The van der Waals surface area contributed by atoms with Crippen molar-refractivity contribution in [3.63, 3.8) is 0 Å². The van der Waals surface area contributed by atoms with Crippen LogP contribution in [0.15, 0.2) is 4.99 Å². The van der Waals surface area contributed by atoms with Crippen LogP contribution >= 0.6 is 0 Å². The van der Waals surface area contributed by atoms with Crippen molar-refractivity contribution in [1.82, 2.24) is 0 Å². The Bertz CT molecular complexity index is 165. The SMILES string of the molecule is CCCC(N)=NCC(C)C(C)(C)C. The molecule has 2 N–H and O–H groups in total. The Hall–Kier alpha value is -0.530. The van der Waals surface area contributed by atoms with Gasteiger partial charge in [0.15, 0.2) is 0 Å². The zero-order valence-corrected chi connectivity index (χ0v) is 9.72. The Morgan fingerprint density at radius 2 is 1.92 bits per heavy atom. The Labute approximate surface area is 82.6 Å². The lowest BCUT2D eigenvalue weighted by Gasteiger charge is -2.25. The highest BCUT2D eigenvalue weighted by Crippen LogP contribution is 2.25. The van der Waals surface area contributed by atoms with E-state index in [9.17, 15) is 0 Å². The molecule has 0 saturated carbocycles. The average Bonchev–Trinajstić information content (AvgIpc) is 1.99. The second-order valence-electron chi connectivity index (χ2n) is 4.85. The molecule has 0 aromatic rings. The largest absolute Gasteiger partial charge is 0.387 e. The fourth-order valence-electron chi connectivity index (χ4n) is 0.863. The van der Waals surface area contributed by atoms with Crippen molar-refractivity contribution in [3.8, 4) is 0 Å². The Morgan fingerprint density at radius 3 is 2.31 bits per heavy atom. The van der Waals surface area contributed by atoms with E-state index in [-0.39, 0.29) is 0 Å². The Morgan fingerprint density at radius 1 is 1.38 bits per heavy atom. The summed E-state index contributed by atoms with van der Waals surface area (Å²) in [6.07, 6.45) is 2.01. The average molecular weight is 184 g/mol. The quantitative estimate of drug-likeness (QED) is 0.529. The number of hydrogen-bond acceptors (Lipinski definition) is 1. The third-order valence-corrected chi connectivity index (χ3v) is 2.55. The van der Waals surface area contributed by atoms with Crippen molar-refractivity contribution in [1.29, 1.82) is 0 Å². The number of rotatable bonds is 4. The minimum atomic E-state index is 0.329. The molecule has 13 heavy (non-hydrogen) atoms. The predicted molar refractivity (Wildman–Crippen MR) is 60.0 cm³/mol. The lowest BCUT2D eigenvalue weighted by atomic mass is 9.82. The summed E-state index contributed by atoms with van der Waals surface area (Å²) in [5, 5.41) is 0. The van der Waals surface area contributed by atoms with Crippen molar-refractivity contribution in [3.05, 3.63) is 0 Å². The molecule has 0 aliphatic rings. The van der Waals surface area contributed by atoms with Crippen LogP contribution in [0.25, 0.3) is 0 Å². The molecule has 0 heterocycles. The third kappa shape index (κ3) is 5.67. The van der Waals surface area contributed by atoms with Crippen LogP contribution in [0.4, 0.5) is 0 Å². The smallest absolute Gasteiger partial charge is 0.0937 e. The van der Waals surface area contributed by atoms with Crippen LogP contribution < -0.4 is 5.73 Å². The highest BCUT2D eigenvalue weighted by molar-refractivity contribution is 5.80. The number of nitrogens with zero attached hydrogens (tertiary/aromatic N) is 1. The van der Waals surface area contributed by atoms with Gasteiger partial charge in [-0.3, -0.25) is 4.99 Å². The molecule has 1 unspecified atom stereocenters. The molecule has 0 aliphatic heterocycles. The van der Waals surface area contributed by atoms with E-state index in [1.165, 1.54) is 0 Å². The van der Waals surface area contributed by atoms with E-state index in [0.29, 0.717) is 11.3 Å². The van der Waals surface area contributed by atoms with Crippen LogP contribution in [0.1, 0.15) is 47.5 Å². The molecule has 0 radical (unpaired) electrons. The van der Waals surface area contributed by atoms with Gasteiger partial charge in [0.25, 0.3) is 0 Å². The summed E-state index contributed by atoms with van der Waals surface area (Å²) in [4.78, 5) is 4.37. The topological polar surface area (TPSA) is 38.4 Å². The summed E-state index contributed by atoms with van der Waals surface area (Å²) >= 11 is 0. The highest BCUT2D eigenvalue weighted by Gasteiger charge is 2.19. The van der Waals surface area contributed by atoms with E-state index in [1.807, 2.05) is 0 Å².